The molecule has 5 nitrogen and oxygen atoms in total. The third-order valence-electron chi connectivity index (χ3n) is 5.54. The summed E-state index contributed by atoms with van der Waals surface area (Å²) in [7, 11) is 0. The molecular formula is C27H30F3N3O2S. The highest BCUT2D eigenvalue weighted by Crippen LogP contribution is 2.34. The maximum atomic E-state index is 13.5. The van der Waals surface area contributed by atoms with Crippen molar-refractivity contribution in [2.75, 3.05) is 18.4 Å². The standard InChI is InChI=1S/C27H30F3N3O2S/c1-19(2)15-33(26(35)31-23-12-8-7-11-22(23)27(28,29)30)18-25(34)32(16-21-9-5-4-6-10-21)17-24-20(3)13-14-36-24/h4-14,19H,15-18H2,1-3H3,(H,31,35). The van der Waals surface area contributed by atoms with Gasteiger partial charge >= 0.3 is 12.2 Å². The molecule has 0 spiro atoms. The largest absolute Gasteiger partial charge is 0.418 e. The summed E-state index contributed by atoms with van der Waals surface area (Å²) < 4.78 is 40.3. The number of hydrogen-bond donors (Lipinski definition) is 1. The smallest absolute Gasteiger partial charge is 0.332 e. The summed E-state index contributed by atoms with van der Waals surface area (Å²) in [6.07, 6.45) is -4.62. The fraction of sp³-hybridized carbons (Fsp3) is 0.333. The summed E-state index contributed by atoms with van der Waals surface area (Å²) in [6.45, 7) is 6.43. The molecule has 1 heterocycles. The van der Waals surface area contributed by atoms with Crippen molar-refractivity contribution in [3.05, 3.63) is 87.6 Å². The number of hydrogen-bond acceptors (Lipinski definition) is 3. The number of urea groups is 1. The van der Waals surface area contributed by atoms with E-state index in [4.69, 9.17) is 0 Å². The van der Waals surface area contributed by atoms with E-state index in [1.54, 1.807) is 16.2 Å². The van der Waals surface area contributed by atoms with Crippen LogP contribution >= 0.6 is 11.3 Å². The van der Waals surface area contributed by atoms with E-state index < -0.39 is 17.8 Å². The summed E-state index contributed by atoms with van der Waals surface area (Å²) in [5.41, 5.74) is 0.741. The molecule has 3 rings (SSSR count). The molecule has 0 radical (unpaired) electrons. The van der Waals surface area contributed by atoms with Gasteiger partial charge in [-0.05, 0) is 47.5 Å². The highest BCUT2D eigenvalue weighted by molar-refractivity contribution is 7.10. The molecule has 9 heteroatoms. The summed E-state index contributed by atoms with van der Waals surface area (Å²) >= 11 is 1.55. The number of carbonyl (C=O) groups is 2. The van der Waals surface area contributed by atoms with Gasteiger partial charge in [0, 0.05) is 18.0 Å². The Morgan fingerprint density at radius 3 is 2.22 bits per heavy atom. The lowest BCUT2D eigenvalue weighted by Gasteiger charge is -2.29. The SMILES string of the molecule is Cc1ccsc1CN(Cc1ccccc1)C(=O)CN(CC(C)C)C(=O)Nc1ccccc1C(F)(F)F. The van der Waals surface area contributed by atoms with Gasteiger partial charge < -0.3 is 15.1 Å². The second-order valence-corrected chi connectivity index (χ2v) is 10.0. The number of nitrogens with zero attached hydrogens (tertiary/aromatic N) is 2. The van der Waals surface area contributed by atoms with Crippen LogP contribution in [0.15, 0.2) is 66.0 Å². The fourth-order valence-electron chi connectivity index (χ4n) is 3.73. The molecule has 0 aliphatic rings. The number of para-hydroxylation sites is 1. The van der Waals surface area contributed by atoms with Crippen molar-refractivity contribution < 1.29 is 22.8 Å². The van der Waals surface area contributed by atoms with E-state index in [2.05, 4.69) is 5.32 Å². The Balaban J connectivity index is 1.82. The number of rotatable bonds is 9. The Labute approximate surface area is 213 Å². The second-order valence-electron chi connectivity index (χ2n) is 9.01. The number of halogens is 3. The van der Waals surface area contributed by atoms with Crippen molar-refractivity contribution in [3.8, 4) is 0 Å². The molecule has 3 aromatic rings. The Morgan fingerprint density at radius 1 is 0.944 bits per heavy atom. The highest BCUT2D eigenvalue weighted by Gasteiger charge is 2.34. The highest BCUT2D eigenvalue weighted by atomic mass is 32.1. The molecule has 0 aliphatic heterocycles. The Bertz CT molecular complexity index is 1160. The first-order chi connectivity index (χ1) is 17.0. The summed E-state index contributed by atoms with van der Waals surface area (Å²) in [5, 5.41) is 4.33. The van der Waals surface area contributed by atoms with Gasteiger partial charge in [-0.1, -0.05) is 56.3 Å². The molecule has 0 unspecified atom stereocenters. The normalized spacial score (nSPS) is 11.4. The molecule has 36 heavy (non-hydrogen) atoms. The lowest BCUT2D eigenvalue weighted by Crippen LogP contribution is -2.45. The third-order valence-corrected chi connectivity index (χ3v) is 6.55. The van der Waals surface area contributed by atoms with E-state index >= 15 is 0 Å². The van der Waals surface area contributed by atoms with Crippen molar-refractivity contribution in [2.24, 2.45) is 5.92 Å². The molecule has 1 aromatic heterocycles. The summed E-state index contributed by atoms with van der Waals surface area (Å²) in [5.74, 6) is -0.282. The molecule has 2 aromatic carbocycles. The van der Waals surface area contributed by atoms with Crippen LogP contribution in [0.2, 0.25) is 0 Å². The van der Waals surface area contributed by atoms with Gasteiger partial charge in [-0.3, -0.25) is 4.79 Å². The van der Waals surface area contributed by atoms with Gasteiger partial charge in [0.2, 0.25) is 5.91 Å². The van der Waals surface area contributed by atoms with Gasteiger partial charge in [0.05, 0.1) is 17.8 Å². The maximum absolute atomic E-state index is 13.5. The number of anilines is 1. The first-order valence-electron chi connectivity index (χ1n) is 11.6. The zero-order chi connectivity index (χ0) is 26.3. The molecule has 0 saturated heterocycles. The van der Waals surface area contributed by atoms with E-state index in [1.807, 2.05) is 62.5 Å². The van der Waals surface area contributed by atoms with Crippen LogP contribution in [0.3, 0.4) is 0 Å². The van der Waals surface area contributed by atoms with Gasteiger partial charge in [-0.2, -0.15) is 13.2 Å². The number of carbonyl (C=O) groups excluding carboxylic acids is 2. The maximum Gasteiger partial charge on any atom is 0.418 e. The van der Waals surface area contributed by atoms with E-state index in [9.17, 15) is 22.8 Å². The predicted molar refractivity (Wildman–Crippen MR) is 137 cm³/mol. The minimum Gasteiger partial charge on any atom is -0.332 e. The second kappa shape index (κ2) is 12.1. The monoisotopic (exact) mass is 517 g/mol. The number of amides is 3. The average Bonchev–Trinajstić information content (AvgIpc) is 3.22. The van der Waals surface area contributed by atoms with E-state index in [0.29, 0.717) is 13.1 Å². The number of thiophene rings is 1. The van der Waals surface area contributed by atoms with Crippen LogP contribution in [0.25, 0.3) is 0 Å². The first kappa shape index (κ1) is 27.3. The molecule has 0 aliphatic carbocycles. The quantitative estimate of drug-likeness (QED) is 0.340. The van der Waals surface area contributed by atoms with Gasteiger partial charge in [0.25, 0.3) is 0 Å². The van der Waals surface area contributed by atoms with Crippen molar-refractivity contribution in [1.29, 1.82) is 0 Å². The van der Waals surface area contributed by atoms with Crippen LogP contribution in [0.1, 0.15) is 35.4 Å². The predicted octanol–water partition coefficient (Wildman–Crippen LogP) is 6.79. The average molecular weight is 518 g/mol. The van der Waals surface area contributed by atoms with Gasteiger partial charge in [0.1, 0.15) is 6.54 Å². The van der Waals surface area contributed by atoms with Crippen molar-refractivity contribution in [1.82, 2.24) is 9.80 Å². The topological polar surface area (TPSA) is 52.7 Å². The number of nitrogens with one attached hydrogen (secondary N) is 1. The van der Waals surface area contributed by atoms with Gasteiger partial charge in [0.15, 0.2) is 0 Å². The Kier molecular flexibility index (Phi) is 9.14. The van der Waals surface area contributed by atoms with Crippen LogP contribution < -0.4 is 5.32 Å². The van der Waals surface area contributed by atoms with Crippen LogP contribution in [0, 0.1) is 12.8 Å². The summed E-state index contributed by atoms with van der Waals surface area (Å²) in [4.78, 5) is 30.6. The molecule has 1 N–H and O–H groups in total. The zero-order valence-electron chi connectivity index (χ0n) is 20.5. The fourth-order valence-corrected chi connectivity index (χ4v) is 4.65. The van der Waals surface area contributed by atoms with E-state index in [-0.39, 0.29) is 30.6 Å². The number of alkyl halides is 3. The third kappa shape index (κ3) is 7.58. The van der Waals surface area contributed by atoms with Gasteiger partial charge in [-0.15, -0.1) is 11.3 Å². The molecule has 0 atom stereocenters. The Morgan fingerprint density at radius 2 is 1.61 bits per heavy atom. The molecule has 0 saturated carbocycles. The lowest BCUT2D eigenvalue weighted by molar-refractivity contribution is -0.137. The lowest BCUT2D eigenvalue weighted by atomic mass is 10.1. The van der Waals surface area contributed by atoms with Crippen LogP contribution in [0.4, 0.5) is 23.7 Å². The number of aryl methyl sites for hydroxylation is 1. The van der Waals surface area contributed by atoms with Crippen molar-refractivity contribution >= 4 is 29.0 Å². The first-order valence-corrected chi connectivity index (χ1v) is 12.5. The molecule has 192 valence electrons. The van der Waals surface area contributed by atoms with Crippen molar-refractivity contribution in [2.45, 2.75) is 40.0 Å². The number of benzene rings is 2. The molecule has 0 fully saturated rings. The summed E-state index contributed by atoms with van der Waals surface area (Å²) in [6, 6.07) is 15.6. The van der Waals surface area contributed by atoms with E-state index in [0.717, 1.165) is 22.1 Å². The molecule has 0 bridgehead atoms. The van der Waals surface area contributed by atoms with Gasteiger partial charge in [-0.25, -0.2) is 4.79 Å². The van der Waals surface area contributed by atoms with Crippen molar-refractivity contribution in [3.63, 3.8) is 0 Å². The van der Waals surface area contributed by atoms with Crippen LogP contribution in [0.5, 0.6) is 0 Å². The van der Waals surface area contributed by atoms with Crippen LogP contribution in [-0.4, -0.2) is 34.8 Å². The minimum atomic E-state index is -4.62. The van der Waals surface area contributed by atoms with E-state index in [1.165, 1.54) is 23.1 Å². The van der Waals surface area contributed by atoms with Crippen LogP contribution in [-0.2, 0) is 24.1 Å². The zero-order valence-corrected chi connectivity index (χ0v) is 21.3. The molecular weight excluding hydrogens is 487 g/mol. The minimum absolute atomic E-state index is 0.00326. The Hall–Kier alpha value is -3.33. The molecule has 3 amide bonds.